The van der Waals surface area contributed by atoms with Crippen LogP contribution in [0.1, 0.15) is 35.1 Å². The Kier molecular flexibility index (Phi) is 4.68. The number of rotatable bonds is 5. The maximum Gasteiger partial charge on any atom is 0.259 e. The Morgan fingerprint density at radius 1 is 1.35 bits per heavy atom. The van der Waals surface area contributed by atoms with E-state index in [4.69, 9.17) is 11.6 Å². The van der Waals surface area contributed by atoms with Gasteiger partial charge in [-0.2, -0.15) is 0 Å². The van der Waals surface area contributed by atoms with E-state index in [-0.39, 0.29) is 17.2 Å². The van der Waals surface area contributed by atoms with Crippen LogP contribution in [0.3, 0.4) is 0 Å². The minimum absolute atomic E-state index is 0.0983. The van der Waals surface area contributed by atoms with Gasteiger partial charge in [0.1, 0.15) is 5.82 Å². The summed E-state index contributed by atoms with van der Waals surface area (Å²) in [7, 11) is 0. The van der Waals surface area contributed by atoms with E-state index in [1.54, 1.807) is 24.3 Å². The number of nitrogens with zero attached hydrogens (tertiary/aromatic N) is 3. The van der Waals surface area contributed by atoms with Gasteiger partial charge in [-0.05, 0) is 31.9 Å². The number of aryl methyl sites for hydroxylation is 1. The minimum Gasteiger partial charge on any atom is -0.303 e. The van der Waals surface area contributed by atoms with Crippen molar-refractivity contribution in [3.8, 4) is 0 Å². The standard InChI is InChI=1S/C15H15ClN4O2S/c1-9-18-19-15(20(9)10-6-7-10)23-8-13(21)17-14(22)11-4-2-3-5-12(11)16/h2-5,10H,6-8H2,1H3,(H,17,21,22). The third-order valence-corrected chi connectivity index (χ3v) is 4.72. The van der Waals surface area contributed by atoms with Crippen molar-refractivity contribution in [3.05, 3.63) is 40.7 Å². The molecule has 0 unspecified atom stereocenters. The van der Waals surface area contributed by atoms with Crippen LogP contribution in [0.5, 0.6) is 0 Å². The molecule has 2 amide bonds. The van der Waals surface area contributed by atoms with E-state index in [1.165, 1.54) is 11.8 Å². The summed E-state index contributed by atoms with van der Waals surface area (Å²) in [5.74, 6) is 0.0626. The van der Waals surface area contributed by atoms with Gasteiger partial charge in [0, 0.05) is 6.04 Å². The van der Waals surface area contributed by atoms with Crippen molar-refractivity contribution in [2.45, 2.75) is 31.0 Å². The molecule has 0 spiro atoms. The second kappa shape index (κ2) is 6.72. The van der Waals surface area contributed by atoms with E-state index in [0.717, 1.165) is 18.7 Å². The third kappa shape index (κ3) is 3.73. The largest absolute Gasteiger partial charge is 0.303 e. The predicted octanol–water partition coefficient (Wildman–Crippen LogP) is 2.62. The van der Waals surface area contributed by atoms with Crippen molar-refractivity contribution in [2.24, 2.45) is 0 Å². The molecule has 0 radical (unpaired) electrons. The Hall–Kier alpha value is -1.86. The molecule has 6 nitrogen and oxygen atoms in total. The summed E-state index contributed by atoms with van der Waals surface area (Å²) in [6.07, 6.45) is 2.23. The van der Waals surface area contributed by atoms with Gasteiger partial charge in [-0.15, -0.1) is 10.2 Å². The second-order valence-electron chi connectivity index (χ2n) is 5.28. The van der Waals surface area contributed by atoms with Gasteiger partial charge in [0.05, 0.1) is 16.3 Å². The monoisotopic (exact) mass is 350 g/mol. The van der Waals surface area contributed by atoms with Crippen LogP contribution < -0.4 is 5.32 Å². The molecular weight excluding hydrogens is 336 g/mol. The Bertz CT molecular complexity index is 758. The zero-order chi connectivity index (χ0) is 16.4. The lowest BCUT2D eigenvalue weighted by molar-refractivity contribution is -0.117. The summed E-state index contributed by atoms with van der Waals surface area (Å²) in [6, 6.07) is 7.05. The number of imide groups is 1. The number of aromatic nitrogens is 3. The highest BCUT2D eigenvalue weighted by Gasteiger charge is 2.28. The highest BCUT2D eigenvalue weighted by atomic mass is 35.5. The minimum atomic E-state index is -0.499. The van der Waals surface area contributed by atoms with Crippen LogP contribution in [0.15, 0.2) is 29.4 Å². The Labute approximate surface area is 142 Å². The summed E-state index contributed by atoms with van der Waals surface area (Å²) in [6.45, 7) is 1.90. The molecule has 0 aliphatic heterocycles. The molecule has 0 saturated heterocycles. The van der Waals surface area contributed by atoms with E-state index < -0.39 is 5.91 Å². The van der Waals surface area contributed by atoms with Gasteiger partial charge >= 0.3 is 0 Å². The van der Waals surface area contributed by atoms with E-state index >= 15 is 0 Å². The molecule has 1 N–H and O–H groups in total. The first-order valence-electron chi connectivity index (χ1n) is 7.19. The van der Waals surface area contributed by atoms with E-state index in [2.05, 4.69) is 15.5 Å². The molecule has 1 aliphatic rings. The molecule has 3 rings (SSSR count). The molecular formula is C15H15ClN4O2S. The summed E-state index contributed by atoms with van der Waals surface area (Å²) in [5, 5.41) is 11.5. The summed E-state index contributed by atoms with van der Waals surface area (Å²) in [5.41, 5.74) is 0.282. The molecule has 1 aromatic carbocycles. The van der Waals surface area contributed by atoms with E-state index in [0.29, 0.717) is 16.2 Å². The van der Waals surface area contributed by atoms with E-state index in [9.17, 15) is 9.59 Å². The lowest BCUT2D eigenvalue weighted by atomic mass is 10.2. The molecule has 23 heavy (non-hydrogen) atoms. The molecule has 1 fully saturated rings. The molecule has 120 valence electrons. The third-order valence-electron chi connectivity index (χ3n) is 3.45. The number of carbonyl (C=O) groups excluding carboxylic acids is 2. The maximum absolute atomic E-state index is 12.0. The van der Waals surface area contributed by atoms with Gasteiger partial charge in [0.25, 0.3) is 5.91 Å². The zero-order valence-electron chi connectivity index (χ0n) is 12.5. The first-order chi connectivity index (χ1) is 11.1. The summed E-state index contributed by atoms with van der Waals surface area (Å²) in [4.78, 5) is 24.0. The first kappa shape index (κ1) is 16.0. The second-order valence-corrected chi connectivity index (χ2v) is 6.63. The number of halogens is 1. The van der Waals surface area contributed by atoms with Crippen molar-refractivity contribution < 1.29 is 9.59 Å². The fourth-order valence-corrected chi connectivity index (χ4v) is 3.28. The van der Waals surface area contributed by atoms with Crippen LogP contribution in [0.2, 0.25) is 5.02 Å². The molecule has 1 heterocycles. The molecule has 2 aromatic rings. The van der Waals surface area contributed by atoms with Gasteiger partial charge in [-0.25, -0.2) is 0 Å². The van der Waals surface area contributed by atoms with Crippen LogP contribution in [-0.4, -0.2) is 32.3 Å². The quantitative estimate of drug-likeness (QED) is 0.839. The number of carbonyl (C=O) groups is 2. The van der Waals surface area contributed by atoms with Gasteiger partial charge in [-0.3, -0.25) is 14.9 Å². The number of hydrogen-bond acceptors (Lipinski definition) is 5. The van der Waals surface area contributed by atoms with Crippen LogP contribution >= 0.6 is 23.4 Å². The normalized spacial score (nSPS) is 13.8. The first-order valence-corrected chi connectivity index (χ1v) is 8.55. The molecule has 8 heteroatoms. The smallest absolute Gasteiger partial charge is 0.259 e. The highest BCUT2D eigenvalue weighted by molar-refractivity contribution is 7.99. The molecule has 0 bridgehead atoms. The maximum atomic E-state index is 12.0. The summed E-state index contributed by atoms with van der Waals surface area (Å²) >= 11 is 7.22. The lowest BCUT2D eigenvalue weighted by Gasteiger charge is -2.07. The van der Waals surface area contributed by atoms with Gasteiger partial charge in [-0.1, -0.05) is 35.5 Å². The fourth-order valence-electron chi connectivity index (χ4n) is 2.21. The molecule has 1 aromatic heterocycles. The van der Waals surface area contributed by atoms with Crippen LogP contribution in [0.25, 0.3) is 0 Å². The van der Waals surface area contributed by atoms with Crippen LogP contribution in [0, 0.1) is 6.92 Å². The lowest BCUT2D eigenvalue weighted by Crippen LogP contribution is -2.32. The Morgan fingerprint density at radius 3 is 2.78 bits per heavy atom. The number of thioether (sulfide) groups is 1. The van der Waals surface area contributed by atoms with Crippen LogP contribution in [-0.2, 0) is 4.79 Å². The van der Waals surface area contributed by atoms with Gasteiger partial charge in [0.2, 0.25) is 5.91 Å². The predicted molar refractivity (Wildman–Crippen MR) is 87.7 cm³/mol. The van der Waals surface area contributed by atoms with Crippen molar-refractivity contribution in [2.75, 3.05) is 5.75 Å². The van der Waals surface area contributed by atoms with Crippen LogP contribution in [0.4, 0.5) is 0 Å². The number of nitrogens with one attached hydrogen (secondary N) is 1. The molecule has 0 atom stereocenters. The summed E-state index contributed by atoms with van der Waals surface area (Å²) < 4.78 is 2.05. The van der Waals surface area contributed by atoms with Crippen molar-refractivity contribution in [1.82, 2.24) is 20.1 Å². The van der Waals surface area contributed by atoms with Gasteiger partial charge in [0.15, 0.2) is 5.16 Å². The average Bonchev–Trinajstić information content (AvgIpc) is 3.29. The topological polar surface area (TPSA) is 76.9 Å². The van der Waals surface area contributed by atoms with Crippen molar-refractivity contribution in [1.29, 1.82) is 0 Å². The fraction of sp³-hybridized carbons (Fsp3) is 0.333. The highest BCUT2D eigenvalue weighted by Crippen LogP contribution is 2.38. The zero-order valence-corrected chi connectivity index (χ0v) is 14.0. The number of amides is 2. The SMILES string of the molecule is Cc1nnc(SCC(=O)NC(=O)c2ccccc2Cl)n1C1CC1. The Balaban J connectivity index is 1.58. The van der Waals surface area contributed by atoms with Crippen molar-refractivity contribution in [3.63, 3.8) is 0 Å². The average molecular weight is 351 g/mol. The van der Waals surface area contributed by atoms with E-state index in [1.807, 2.05) is 11.5 Å². The molecule has 1 aliphatic carbocycles. The van der Waals surface area contributed by atoms with Crippen molar-refractivity contribution >= 4 is 35.2 Å². The number of benzene rings is 1. The Morgan fingerprint density at radius 2 is 2.09 bits per heavy atom. The number of hydrogen-bond donors (Lipinski definition) is 1. The van der Waals surface area contributed by atoms with Gasteiger partial charge < -0.3 is 4.57 Å². The molecule has 1 saturated carbocycles.